The Morgan fingerprint density at radius 2 is 2.03 bits per heavy atom. The Morgan fingerprint density at radius 1 is 1.21 bits per heavy atom. The van der Waals surface area contributed by atoms with Crippen LogP contribution in [0.3, 0.4) is 0 Å². The van der Waals surface area contributed by atoms with Crippen molar-refractivity contribution in [3.8, 4) is 0 Å². The van der Waals surface area contributed by atoms with E-state index in [1.165, 1.54) is 30.3 Å². The van der Waals surface area contributed by atoms with Gasteiger partial charge in [0.2, 0.25) is 11.8 Å². The lowest BCUT2D eigenvalue weighted by Crippen LogP contribution is -2.52. The van der Waals surface area contributed by atoms with Gasteiger partial charge in [-0.3, -0.25) is 24.6 Å². The molecule has 2 aromatic rings. The third-order valence-corrected chi connectivity index (χ3v) is 5.37. The molecule has 8 nitrogen and oxygen atoms in total. The molecule has 3 aliphatic heterocycles. The molecule has 5 rings (SSSR count). The summed E-state index contributed by atoms with van der Waals surface area (Å²) in [5, 5.41) is 4.55. The van der Waals surface area contributed by atoms with Gasteiger partial charge in [0.15, 0.2) is 0 Å². The van der Waals surface area contributed by atoms with Gasteiger partial charge in [0, 0.05) is 72.3 Å². The standard InChI is InChI=1S/C25H27FN4O4/c26-20-12-16(14-29-8-10-34-11-9-29)4-5-17(20)13-27-21-3-1-2-18-19(21)15-30(25(18)33)22-6-7-23(31)28-24(22)32/h1-5,12,22,27H,6-11,13-15H2,(H,28,31,32)/i6D2,7D2,8D2,9D2,10D2,11D2,22D. The molecule has 1 unspecified atom stereocenters. The highest BCUT2D eigenvalue weighted by molar-refractivity contribution is 6.06. The number of amides is 3. The Bertz CT molecular complexity index is 1670. The number of rotatable bonds is 6. The van der Waals surface area contributed by atoms with Crippen molar-refractivity contribution in [2.24, 2.45) is 0 Å². The number of hydrogen-bond acceptors (Lipinski definition) is 6. The predicted octanol–water partition coefficient (Wildman–Crippen LogP) is 2.03. The quantitative estimate of drug-likeness (QED) is 0.617. The highest BCUT2D eigenvalue weighted by Gasteiger charge is 2.39. The number of halogens is 1. The van der Waals surface area contributed by atoms with E-state index in [0.717, 1.165) is 6.07 Å². The van der Waals surface area contributed by atoms with Crippen molar-refractivity contribution in [3.63, 3.8) is 0 Å². The van der Waals surface area contributed by atoms with Gasteiger partial charge in [-0.25, -0.2) is 4.39 Å². The Hall–Kier alpha value is -3.30. The zero-order valence-electron chi connectivity index (χ0n) is 30.5. The molecule has 2 N–H and O–H groups in total. The summed E-state index contributed by atoms with van der Waals surface area (Å²) in [5.41, 5.74) is 0.363. The Labute approximate surface area is 215 Å². The highest BCUT2D eigenvalue weighted by atomic mass is 19.1. The largest absolute Gasteiger partial charge is 0.381 e. The van der Waals surface area contributed by atoms with E-state index in [1.54, 1.807) is 5.32 Å². The average molecular weight is 480 g/mol. The van der Waals surface area contributed by atoms with Crippen LogP contribution in [0.2, 0.25) is 0 Å². The molecule has 0 saturated carbocycles. The first-order chi connectivity index (χ1) is 21.3. The Morgan fingerprint density at radius 3 is 2.82 bits per heavy atom. The summed E-state index contributed by atoms with van der Waals surface area (Å²) in [5.74, 6) is -4.94. The molecule has 0 radical (unpaired) electrons. The van der Waals surface area contributed by atoms with E-state index in [4.69, 9.17) is 17.8 Å². The molecule has 3 amide bonds. The predicted molar refractivity (Wildman–Crippen MR) is 122 cm³/mol. The summed E-state index contributed by atoms with van der Waals surface area (Å²) in [6.07, 6.45) is -6.80. The van der Waals surface area contributed by atoms with Crippen molar-refractivity contribution >= 4 is 23.4 Å². The van der Waals surface area contributed by atoms with Gasteiger partial charge in [0.25, 0.3) is 5.91 Å². The second kappa shape index (κ2) is 9.52. The highest BCUT2D eigenvalue weighted by Crippen LogP contribution is 2.32. The number of carbonyl (C=O) groups is 3. The monoisotopic (exact) mass is 479 g/mol. The topological polar surface area (TPSA) is 91.0 Å². The number of carbonyl (C=O) groups excluding carboxylic acids is 3. The molecule has 9 heteroatoms. The number of benzene rings is 2. The second-order valence-corrected chi connectivity index (χ2v) is 7.50. The van der Waals surface area contributed by atoms with Crippen molar-refractivity contribution < 1.29 is 41.3 Å². The van der Waals surface area contributed by atoms with Gasteiger partial charge in [0.1, 0.15) is 11.8 Å². The number of imide groups is 1. The molecule has 2 saturated heterocycles. The first-order valence-electron chi connectivity index (χ1n) is 16.6. The molecular formula is C25H27FN4O4. The summed E-state index contributed by atoms with van der Waals surface area (Å²) < 4.78 is 124. The van der Waals surface area contributed by atoms with Gasteiger partial charge in [-0.15, -0.1) is 0 Å². The van der Waals surface area contributed by atoms with E-state index >= 15 is 4.39 Å². The fraction of sp³-hybridized carbons (Fsp3) is 0.400. The molecular weight excluding hydrogens is 439 g/mol. The first-order valence-corrected chi connectivity index (χ1v) is 10.1. The van der Waals surface area contributed by atoms with Crippen molar-refractivity contribution in [2.45, 2.75) is 38.4 Å². The van der Waals surface area contributed by atoms with E-state index in [-0.39, 0.29) is 39.4 Å². The van der Waals surface area contributed by atoms with Crippen molar-refractivity contribution in [1.29, 1.82) is 0 Å². The SMILES string of the molecule is [2H]C1([2H])OC([2H])([2H])C([2H])([2H])N(Cc2ccc(CNc3cccc4c3CN(C3([2H])C(=O)NC(=O)C([2H])([2H])C3([2H])[2H])C4=O)c(F)c2)C1([2H])[2H]. The fourth-order valence-electron chi connectivity index (χ4n) is 3.73. The molecule has 1 atom stereocenters. The van der Waals surface area contributed by atoms with Crippen molar-refractivity contribution in [3.05, 3.63) is 64.5 Å². The summed E-state index contributed by atoms with van der Waals surface area (Å²) >= 11 is 0. The van der Waals surface area contributed by atoms with Crippen LogP contribution < -0.4 is 10.6 Å². The van der Waals surface area contributed by atoms with E-state index in [9.17, 15) is 14.4 Å². The smallest absolute Gasteiger partial charge is 0.255 e. The Kier molecular flexibility index (Phi) is 3.33. The second-order valence-electron chi connectivity index (χ2n) is 7.50. The molecule has 2 aromatic carbocycles. The number of ether oxygens (including phenoxy) is 1. The summed E-state index contributed by atoms with van der Waals surface area (Å²) in [6.45, 7) is -14.4. The zero-order chi connectivity index (χ0) is 35.3. The number of hydrogen-bond donors (Lipinski definition) is 2. The van der Waals surface area contributed by atoms with Crippen LogP contribution in [-0.2, 0) is 34.0 Å². The molecule has 178 valence electrons. The maximum Gasteiger partial charge on any atom is 0.255 e. The minimum atomic E-state index is -3.46. The molecule has 34 heavy (non-hydrogen) atoms. The first kappa shape index (κ1) is 11.9. The average Bonchev–Trinajstić information content (AvgIpc) is 3.29. The van der Waals surface area contributed by atoms with Crippen LogP contribution in [0.25, 0.3) is 0 Å². The normalized spacial score (nSPS) is 37.6. The summed E-state index contributed by atoms with van der Waals surface area (Å²) in [7, 11) is 0. The van der Waals surface area contributed by atoms with Gasteiger partial charge < -0.3 is 15.0 Å². The molecule has 0 aliphatic carbocycles. The number of anilines is 1. The zero-order valence-corrected chi connectivity index (χ0v) is 17.5. The van der Waals surface area contributed by atoms with Crippen LogP contribution in [0.1, 0.15) is 57.6 Å². The van der Waals surface area contributed by atoms with Crippen molar-refractivity contribution in [1.82, 2.24) is 15.1 Å². The third-order valence-electron chi connectivity index (χ3n) is 5.37. The van der Waals surface area contributed by atoms with Gasteiger partial charge in [-0.1, -0.05) is 18.2 Å². The van der Waals surface area contributed by atoms with Crippen LogP contribution in [0.15, 0.2) is 36.4 Å². The van der Waals surface area contributed by atoms with E-state index in [1.807, 2.05) is 0 Å². The lowest BCUT2D eigenvalue weighted by atomic mass is 10.0. The van der Waals surface area contributed by atoms with E-state index < -0.39 is 81.5 Å². The molecule has 3 aliphatic rings. The van der Waals surface area contributed by atoms with Gasteiger partial charge in [-0.2, -0.15) is 0 Å². The van der Waals surface area contributed by atoms with E-state index in [2.05, 4.69) is 10.1 Å². The van der Waals surface area contributed by atoms with Crippen LogP contribution in [0.5, 0.6) is 0 Å². The van der Waals surface area contributed by atoms with Gasteiger partial charge in [0.05, 0.1) is 20.0 Å². The number of morpholine rings is 1. The van der Waals surface area contributed by atoms with Gasteiger partial charge in [-0.05, 0) is 30.1 Å². The molecule has 2 fully saturated rings. The van der Waals surface area contributed by atoms with E-state index in [0.29, 0.717) is 4.90 Å². The maximum absolute atomic E-state index is 15.3. The van der Waals surface area contributed by atoms with Crippen LogP contribution in [-0.4, -0.2) is 59.7 Å². The number of fused-ring (bicyclic) bond motifs is 1. The van der Waals surface area contributed by atoms with Crippen LogP contribution in [0.4, 0.5) is 10.1 Å². The lowest BCUT2D eigenvalue weighted by molar-refractivity contribution is -0.136. The molecule has 3 heterocycles. The minimum absolute atomic E-state index is 0.0199. The van der Waals surface area contributed by atoms with Gasteiger partial charge >= 0.3 is 0 Å². The summed E-state index contributed by atoms with van der Waals surface area (Å²) in [4.78, 5) is 38.9. The number of nitrogens with zero attached hydrogens (tertiary/aromatic N) is 2. The molecule has 0 bridgehead atoms. The summed E-state index contributed by atoms with van der Waals surface area (Å²) in [6, 6.07) is 4.59. The minimum Gasteiger partial charge on any atom is -0.381 e. The number of piperidine rings is 1. The number of nitrogens with one attached hydrogen (secondary N) is 2. The Balaban J connectivity index is 1.37. The molecule has 0 spiro atoms. The third kappa shape index (κ3) is 4.53. The fourth-order valence-corrected chi connectivity index (χ4v) is 3.73. The maximum atomic E-state index is 15.3. The van der Waals surface area contributed by atoms with Crippen LogP contribution >= 0.6 is 0 Å². The van der Waals surface area contributed by atoms with Crippen molar-refractivity contribution in [2.75, 3.05) is 31.4 Å². The molecule has 0 aromatic heterocycles. The van der Waals surface area contributed by atoms with Crippen LogP contribution in [0, 0.1) is 5.82 Å². The lowest BCUT2D eigenvalue weighted by Gasteiger charge is -2.29.